The van der Waals surface area contributed by atoms with Gasteiger partial charge in [-0.2, -0.15) is 0 Å². The van der Waals surface area contributed by atoms with E-state index in [4.69, 9.17) is 5.73 Å². The van der Waals surface area contributed by atoms with E-state index in [-0.39, 0.29) is 23.5 Å². The number of hydrogen-bond acceptors (Lipinski definition) is 5. The van der Waals surface area contributed by atoms with Crippen molar-refractivity contribution in [1.29, 1.82) is 0 Å². The summed E-state index contributed by atoms with van der Waals surface area (Å²) in [6.45, 7) is 3.54. The van der Waals surface area contributed by atoms with Gasteiger partial charge in [-0.1, -0.05) is 26.3 Å². The van der Waals surface area contributed by atoms with Crippen LogP contribution in [0.4, 0.5) is 0 Å². The van der Waals surface area contributed by atoms with Gasteiger partial charge in [-0.3, -0.25) is 14.4 Å². The molecule has 0 spiro atoms. The number of H-pyrrole nitrogens is 1. The summed E-state index contributed by atoms with van der Waals surface area (Å²) in [5.41, 5.74) is 5.53. The number of carbonyl (C=O) groups excluding carboxylic acids is 3. The molecular weight excluding hydrogens is 390 g/mol. The smallest absolute Gasteiger partial charge is 0.326 e. The van der Waals surface area contributed by atoms with Crippen molar-refractivity contribution in [2.75, 3.05) is 0 Å². The highest BCUT2D eigenvalue weighted by molar-refractivity contribution is 6.01. The first-order valence-electron chi connectivity index (χ1n) is 9.45. The zero-order valence-corrected chi connectivity index (χ0v) is 16.7. The molecule has 0 bridgehead atoms. The zero-order valence-electron chi connectivity index (χ0n) is 16.7. The van der Waals surface area contributed by atoms with Gasteiger partial charge in [-0.25, -0.2) is 9.78 Å². The first-order valence-corrected chi connectivity index (χ1v) is 9.45. The Balaban J connectivity index is 2.23. The number of imidazole rings is 1. The van der Waals surface area contributed by atoms with Gasteiger partial charge in [0.2, 0.25) is 11.8 Å². The minimum atomic E-state index is -1.16. The number of primary amides is 1. The third-order valence-corrected chi connectivity index (χ3v) is 4.76. The third-order valence-electron chi connectivity index (χ3n) is 4.76. The van der Waals surface area contributed by atoms with E-state index in [1.807, 2.05) is 6.92 Å². The van der Waals surface area contributed by atoms with E-state index in [9.17, 15) is 24.3 Å². The summed E-state index contributed by atoms with van der Waals surface area (Å²) < 4.78 is 0. The zero-order chi connectivity index (χ0) is 22.3. The van der Waals surface area contributed by atoms with Crippen molar-refractivity contribution in [2.24, 2.45) is 11.7 Å². The molecule has 3 amide bonds. The lowest BCUT2D eigenvalue weighted by molar-refractivity contribution is -0.143. The van der Waals surface area contributed by atoms with Crippen molar-refractivity contribution in [2.45, 2.75) is 38.8 Å². The Morgan fingerprint density at radius 2 is 1.90 bits per heavy atom. The van der Waals surface area contributed by atoms with Crippen molar-refractivity contribution in [3.63, 3.8) is 0 Å². The van der Waals surface area contributed by atoms with Gasteiger partial charge in [0.05, 0.1) is 0 Å². The Morgan fingerprint density at radius 3 is 2.47 bits per heavy atom. The van der Waals surface area contributed by atoms with Crippen LogP contribution >= 0.6 is 0 Å². The molecule has 2 aromatic rings. The summed E-state index contributed by atoms with van der Waals surface area (Å²) in [6, 6.07) is 3.57. The Kier molecular flexibility index (Phi) is 7.68. The van der Waals surface area contributed by atoms with Gasteiger partial charge in [0, 0.05) is 29.9 Å². The number of aromatic nitrogens is 2. The molecule has 1 aromatic heterocycles. The van der Waals surface area contributed by atoms with Crippen LogP contribution < -0.4 is 16.4 Å². The van der Waals surface area contributed by atoms with Gasteiger partial charge in [-0.05, 0) is 24.1 Å². The predicted molar refractivity (Wildman–Crippen MR) is 108 cm³/mol. The summed E-state index contributed by atoms with van der Waals surface area (Å²) in [7, 11) is 0. The largest absolute Gasteiger partial charge is 0.480 e. The quantitative estimate of drug-likeness (QED) is 0.378. The monoisotopic (exact) mass is 415 g/mol. The number of aromatic amines is 1. The number of aliphatic carboxylic acids is 1. The standard InChI is InChI=1S/C20H25N5O5/c1-3-11(2)16(20(29)30)25-19(28)14(10-15-22-7-8-23-15)24-18(27)13-6-4-5-12(9-13)17(21)26/h4-9,11,14,16H,3,10H2,1-2H3,(H2,21,26)(H,22,23)(H,24,27)(H,25,28)(H,29,30)/t11-,14-,16-/m0/s1. The van der Waals surface area contributed by atoms with E-state index in [0.29, 0.717) is 12.2 Å². The van der Waals surface area contributed by atoms with Crippen LogP contribution in [0.25, 0.3) is 0 Å². The van der Waals surface area contributed by atoms with Gasteiger partial charge in [-0.15, -0.1) is 0 Å². The van der Waals surface area contributed by atoms with Crippen LogP contribution in [-0.2, 0) is 16.0 Å². The highest BCUT2D eigenvalue weighted by atomic mass is 16.4. The average molecular weight is 415 g/mol. The van der Waals surface area contributed by atoms with Crippen molar-refractivity contribution < 1.29 is 24.3 Å². The number of nitrogens with two attached hydrogens (primary N) is 1. The molecule has 10 heteroatoms. The fraction of sp³-hybridized carbons (Fsp3) is 0.350. The van der Waals surface area contributed by atoms with E-state index in [0.717, 1.165) is 0 Å². The lowest BCUT2D eigenvalue weighted by Gasteiger charge is -2.24. The van der Waals surface area contributed by atoms with Crippen LogP contribution in [-0.4, -0.2) is 50.8 Å². The number of hydrogen-bond donors (Lipinski definition) is 5. The second-order valence-electron chi connectivity index (χ2n) is 6.92. The molecule has 1 aromatic carbocycles. The maximum Gasteiger partial charge on any atom is 0.326 e. The van der Waals surface area contributed by atoms with Crippen LogP contribution in [0, 0.1) is 5.92 Å². The highest BCUT2D eigenvalue weighted by Gasteiger charge is 2.30. The number of carboxylic acid groups (broad SMARTS) is 1. The number of carbonyl (C=O) groups is 4. The predicted octanol–water partition coefficient (Wildman–Crippen LogP) is 0.465. The van der Waals surface area contributed by atoms with Gasteiger partial charge in [0.25, 0.3) is 5.91 Å². The number of benzene rings is 1. The summed E-state index contributed by atoms with van der Waals surface area (Å²) in [5.74, 6) is -2.98. The van der Waals surface area contributed by atoms with Crippen molar-refractivity contribution in [3.8, 4) is 0 Å². The molecule has 0 radical (unpaired) electrons. The molecule has 0 aliphatic rings. The van der Waals surface area contributed by atoms with E-state index in [1.165, 1.54) is 30.5 Å². The molecule has 0 saturated carbocycles. The molecule has 3 atom stereocenters. The minimum absolute atomic E-state index is 0.0208. The molecule has 0 saturated heterocycles. The van der Waals surface area contributed by atoms with E-state index in [1.54, 1.807) is 13.1 Å². The lowest BCUT2D eigenvalue weighted by atomic mass is 9.98. The van der Waals surface area contributed by atoms with Crippen LogP contribution in [0.15, 0.2) is 36.7 Å². The Bertz CT molecular complexity index is 912. The maximum absolute atomic E-state index is 12.8. The fourth-order valence-corrected chi connectivity index (χ4v) is 2.80. The van der Waals surface area contributed by atoms with Crippen LogP contribution in [0.1, 0.15) is 46.8 Å². The molecule has 2 rings (SSSR count). The topological polar surface area (TPSA) is 167 Å². The molecular formula is C20H25N5O5. The second kappa shape index (κ2) is 10.2. The molecule has 1 heterocycles. The molecule has 0 fully saturated rings. The average Bonchev–Trinajstić information content (AvgIpc) is 3.23. The highest BCUT2D eigenvalue weighted by Crippen LogP contribution is 2.10. The number of rotatable bonds is 10. The molecule has 0 unspecified atom stereocenters. The second-order valence-corrected chi connectivity index (χ2v) is 6.92. The Labute approximate surface area is 173 Å². The first-order chi connectivity index (χ1) is 14.2. The van der Waals surface area contributed by atoms with Crippen molar-refractivity contribution in [1.82, 2.24) is 20.6 Å². The summed E-state index contributed by atoms with van der Waals surface area (Å²) in [6.07, 6.45) is 3.64. The number of nitrogens with zero attached hydrogens (tertiary/aromatic N) is 1. The van der Waals surface area contributed by atoms with Crippen LogP contribution in [0.5, 0.6) is 0 Å². The van der Waals surface area contributed by atoms with Gasteiger partial charge >= 0.3 is 5.97 Å². The normalized spacial score (nSPS) is 13.7. The molecule has 160 valence electrons. The minimum Gasteiger partial charge on any atom is -0.480 e. The SMILES string of the molecule is CC[C@H](C)[C@H](NC(=O)[C@H](Cc1ncc[nH]1)NC(=O)c1cccc(C(N)=O)c1)C(=O)O. The maximum atomic E-state index is 12.8. The molecule has 6 N–H and O–H groups in total. The Morgan fingerprint density at radius 1 is 1.20 bits per heavy atom. The van der Waals surface area contributed by atoms with Gasteiger partial charge in [0.1, 0.15) is 17.9 Å². The van der Waals surface area contributed by atoms with Gasteiger partial charge in [0.15, 0.2) is 0 Å². The third kappa shape index (κ3) is 5.90. The lowest BCUT2D eigenvalue weighted by Crippen LogP contribution is -2.54. The van der Waals surface area contributed by atoms with Gasteiger partial charge < -0.3 is 26.5 Å². The summed E-state index contributed by atoms with van der Waals surface area (Å²) >= 11 is 0. The number of carboxylic acids is 1. The van der Waals surface area contributed by atoms with Crippen molar-refractivity contribution in [3.05, 3.63) is 53.6 Å². The first kappa shape index (κ1) is 22.6. The number of nitrogens with one attached hydrogen (secondary N) is 3. The van der Waals surface area contributed by atoms with Crippen LogP contribution in [0.2, 0.25) is 0 Å². The van der Waals surface area contributed by atoms with Crippen molar-refractivity contribution >= 4 is 23.7 Å². The fourth-order valence-electron chi connectivity index (χ4n) is 2.80. The summed E-state index contributed by atoms with van der Waals surface area (Å²) in [5, 5.41) is 14.5. The van der Waals surface area contributed by atoms with E-state index >= 15 is 0 Å². The Hall–Kier alpha value is -3.69. The molecule has 0 aliphatic heterocycles. The molecule has 0 aliphatic carbocycles. The molecule has 30 heavy (non-hydrogen) atoms. The van der Waals surface area contributed by atoms with E-state index in [2.05, 4.69) is 20.6 Å². The summed E-state index contributed by atoms with van der Waals surface area (Å²) in [4.78, 5) is 55.3. The number of amides is 3. The van der Waals surface area contributed by atoms with E-state index < -0.39 is 35.8 Å². The van der Waals surface area contributed by atoms with Crippen LogP contribution in [0.3, 0.4) is 0 Å². The molecule has 10 nitrogen and oxygen atoms in total.